The Morgan fingerprint density at radius 2 is 1.25 bits per heavy atom. The third kappa shape index (κ3) is 115. The fourth-order valence-corrected chi connectivity index (χ4v) is 1.29. The molecule has 9 heteroatoms. The Morgan fingerprint density at radius 1 is 1.00 bits per heavy atom. The lowest BCUT2D eigenvalue weighted by molar-refractivity contribution is 0.176. The average molecular weight is 561 g/mol. The summed E-state index contributed by atoms with van der Waals surface area (Å²) >= 11 is 5.31. The van der Waals surface area contributed by atoms with E-state index >= 15 is 0 Å². The van der Waals surface area contributed by atoms with Gasteiger partial charge in [0.1, 0.15) is 11.3 Å². The van der Waals surface area contributed by atoms with Gasteiger partial charge in [0.05, 0.1) is 12.7 Å². The molecule has 0 radical (unpaired) electrons. The Hall–Kier alpha value is 0.500. The Kier molecular flexibility index (Phi) is 27.1. The van der Waals surface area contributed by atoms with Crippen molar-refractivity contribution in [3.63, 3.8) is 0 Å². The molecule has 1 atom stereocenters. The minimum Gasteiger partial charge on any atom is -0.244 e. The maximum Gasteiger partial charge on any atom is 0.159 e. The summed E-state index contributed by atoms with van der Waals surface area (Å²) in [4.78, 5) is 0. The highest BCUT2D eigenvalue weighted by atomic mass is 79.9. The molecule has 0 aliphatic rings. The average Bonchev–Trinajstić information content (AvgIpc) is 2.09. The molecule has 0 bridgehead atoms. The van der Waals surface area contributed by atoms with Gasteiger partial charge >= 0.3 is 0 Å². The molecule has 0 aromatic heterocycles. The van der Waals surface area contributed by atoms with Gasteiger partial charge in [-0.2, -0.15) is 0 Å². The van der Waals surface area contributed by atoms with E-state index in [1.165, 1.54) is 41.5 Å². The zero-order chi connectivity index (χ0) is 19.9. The highest BCUT2D eigenvalue weighted by molar-refractivity contribution is 9.10. The van der Waals surface area contributed by atoms with E-state index in [9.17, 15) is 26.3 Å². The van der Waals surface area contributed by atoms with Crippen molar-refractivity contribution in [1.29, 1.82) is 0 Å². The van der Waals surface area contributed by atoms with Crippen molar-refractivity contribution in [2.24, 2.45) is 0 Å². The number of alkyl halides is 6. The van der Waals surface area contributed by atoms with Gasteiger partial charge in [0.2, 0.25) is 0 Å². The van der Waals surface area contributed by atoms with Crippen molar-refractivity contribution in [2.45, 2.75) is 69.0 Å². The molecule has 150 valence electrons. The predicted octanol–water partition coefficient (Wildman–Crippen LogP) is 8.80. The van der Waals surface area contributed by atoms with Crippen LogP contribution >= 0.6 is 48.8 Å². The van der Waals surface area contributed by atoms with Gasteiger partial charge in [-0.1, -0.05) is 22.5 Å². The van der Waals surface area contributed by atoms with Crippen LogP contribution in [0.5, 0.6) is 0 Å². The lowest BCUT2D eigenvalue weighted by Gasteiger charge is -2.12. The minimum atomic E-state index is -1.51. The van der Waals surface area contributed by atoms with Gasteiger partial charge in [-0.05, 0) is 63.5 Å². The molecule has 24 heavy (non-hydrogen) atoms. The van der Waals surface area contributed by atoms with Crippen LogP contribution in [0.2, 0.25) is 0 Å². The van der Waals surface area contributed by atoms with Gasteiger partial charge in [-0.15, -0.1) is 17.0 Å². The summed E-state index contributed by atoms with van der Waals surface area (Å²) < 4.78 is 67.8. The van der Waals surface area contributed by atoms with Crippen molar-refractivity contribution in [1.82, 2.24) is 0 Å². The molecule has 0 aliphatic carbocycles. The van der Waals surface area contributed by atoms with E-state index in [-0.39, 0.29) is 36.1 Å². The molecular weight excluding hydrogens is 534 g/mol. The van der Waals surface area contributed by atoms with E-state index in [1.807, 2.05) is 0 Å². The van der Waals surface area contributed by atoms with Crippen LogP contribution in [0, 0.1) is 0 Å². The van der Waals surface area contributed by atoms with Crippen LogP contribution in [0.1, 0.15) is 48.0 Å². The van der Waals surface area contributed by atoms with E-state index in [2.05, 4.69) is 38.4 Å². The topological polar surface area (TPSA) is 0 Å². The molecule has 0 heterocycles. The summed E-state index contributed by atoms with van der Waals surface area (Å²) in [5.74, 6) is 0. The first-order chi connectivity index (χ1) is 9.89. The number of halogens is 9. The standard InChI is InChI=1S/C5H9BrF2.C5H8F2.C3H6BrF.C2H3F.BrH/c1-5(2,8)3-4(6)7;1-5(2,7)3-4-6;1-3(2,4)5;1-2-3;/h4H,3H2,1-2H3;3-4H,1-2H3;1-2H3;2H,1H2;1H/b;4-3+;;;. The molecule has 0 nitrogen and oxygen atoms in total. The molecule has 0 saturated heterocycles. The van der Waals surface area contributed by atoms with Gasteiger partial charge in [0, 0.05) is 6.42 Å². The smallest absolute Gasteiger partial charge is 0.159 e. The highest BCUT2D eigenvalue weighted by Crippen LogP contribution is 2.20. The lowest BCUT2D eigenvalue weighted by atomic mass is 10.1. The predicted molar refractivity (Wildman–Crippen MR) is 105 cm³/mol. The molecule has 0 aromatic rings. The second kappa shape index (κ2) is 18.3. The lowest BCUT2D eigenvalue weighted by Crippen LogP contribution is -2.15. The molecule has 0 fully saturated rings. The molecule has 0 rings (SSSR count). The van der Waals surface area contributed by atoms with E-state index in [4.69, 9.17) is 0 Å². The number of hydrogen-bond acceptors (Lipinski definition) is 0. The summed E-state index contributed by atoms with van der Waals surface area (Å²) in [7, 11) is 0. The second-order valence-corrected chi connectivity index (χ2v) is 8.53. The largest absolute Gasteiger partial charge is 0.244 e. The van der Waals surface area contributed by atoms with Crippen LogP contribution in [0.4, 0.5) is 26.3 Å². The van der Waals surface area contributed by atoms with E-state index < -0.39 is 21.0 Å². The molecule has 0 saturated carbocycles. The van der Waals surface area contributed by atoms with Crippen molar-refractivity contribution >= 4 is 48.8 Å². The quantitative estimate of drug-likeness (QED) is 0.239. The SMILES string of the molecule is Br.C=CF.CC(C)(F)/C=C/F.CC(C)(F)Br.CC(C)(F)CC(F)Br. The first-order valence-corrected chi connectivity index (χ1v) is 8.13. The van der Waals surface area contributed by atoms with Gasteiger partial charge in [0.15, 0.2) is 9.66 Å². The van der Waals surface area contributed by atoms with Crippen LogP contribution in [-0.4, -0.2) is 21.0 Å². The van der Waals surface area contributed by atoms with Crippen LogP contribution in [0.3, 0.4) is 0 Å². The fourth-order valence-electron chi connectivity index (χ4n) is 0.517. The monoisotopic (exact) mass is 558 g/mol. The molecule has 0 amide bonds. The maximum absolute atomic E-state index is 12.4. The highest BCUT2D eigenvalue weighted by Gasteiger charge is 2.19. The summed E-state index contributed by atoms with van der Waals surface area (Å²) in [6.45, 7) is 10.8. The fraction of sp³-hybridized carbons (Fsp3) is 0.733. The second-order valence-electron chi connectivity index (χ2n) is 5.65. The minimum absolute atomic E-state index is 0. The number of hydrogen-bond donors (Lipinski definition) is 0. The molecular formula is C15H27Br3F6. The van der Waals surface area contributed by atoms with Gasteiger partial charge in [-0.25, -0.2) is 26.3 Å². The third-order valence-electron chi connectivity index (χ3n) is 1.10. The van der Waals surface area contributed by atoms with Gasteiger partial charge < -0.3 is 0 Å². The molecule has 0 aliphatic heterocycles. The number of allylic oxidation sites excluding steroid dienone is 1. The molecule has 0 N–H and O–H groups in total. The summed E-state index contributed by atoms with van der Waals surface area (Å²) in [5, 5.41) is -1.22. The third-order valence-corrected chi connectivity index (χ3v) is 1.42. The van der Waals surface area contributed by atoms with Gasteiger partial charge in [-0.3, -0.25) is 0 Å². The normalized spacial score (nSPS) is 12.2. The Labute approximate surface area is 169 Å². The number of rotatable bonds is 3. The summed E-state index contributed by atoms with van der Waals surface area (Å²) in [6.07, 6.45) is 1.22. The van der Waals surface area contributed by atoms with Crippen molar-refractivity contribution < 1.29 is 26.3 Å². The first-order valence-electron chi connectivity index (χ1n) is 6.42. The molecule has 0 spiro atoms. The first kappa shape index (κ1) is 35.6. The zero-order valence-corrected chi connectivity index (χ0v) is 19.5. The van der Waals surface area contributed by atoms with Crippen molar-refractivity contribution in [3.05, 3.63) is 25.3 Å². The van der Waals surface area contributed by atoms with E-state index in [0.717, 1.165) is 6.08 Å². The summed E-state index contributed by atoms with van der Waals surface area (Å²) in [5.41, 5.74) is -2.91. The Morgan fingerprint density at radius 3 is 1.25 bits per heavy atom. The molecule has 1 unspecified atom stereocenters. The van der Waals surface area contributed by atoms with E-state index in [1.54, 1.807) is 0 Å². The van der Waals surface area contributed by atoms with Crippen LogP contribution in [0.25, 0.3) is 0 Å². The van der Waals surface area contributed by atoms with Crippen LogP contribution < -0.4 is 0 Å². The summed E-state index contributed by atoms with van der Waals surface area (Å²) in [6, 6.07) is 0. The van der Waals surface area contributed by atoms with E-state index in [0.29, 0.717) is 0 Å². The zero-order valence-electron chi connectivity index (χ0n) is 14.7. The van der Waals surface area contributed by atoms with Crippen molar-refractivity contribution in [2.75, 3.05) is 0 Å². The van der Waals surface area contributed by atoms with Crippen LogP contribution in [-0.2, 0) is 0 Å². The van der Waals surface area contributed by atoms with Crippen LogP contribution in [0.15, 0.2) is 25.3 Å². The molecule has 0 aromatic carbocycles. The maximum atomic E-state index is 12.4. The Bertz CT molecular complexity index is 283. The Balaban J connectivity index is -0.0000000694. The van der Waals surface area contributed by atoms with Gasteiger partial charge in [0.25, 0.3) is 0 Å². The van der Waals surface area contributed by atoms with Crippen molar-refractivity contribution in [3.8, 4) is 0 Å².